The zero-order valence-corrected chi connectivity index (χ0v) is 30.0. The minimum Gasteiger partial charge on any atom is -0.457 e. The first-order chi connectivity index (χ1) is 22.1. The van der Waals surface area contributed by atoms with Gasteiger partial charge in [0.05, 0.1) is 12.3 Å². The second-order valence-electron chi connectivity index (χ2n) is 13.5. The van der Waals surface area contributed by atoms with Crippen LogP contribution in [0.2, 0.25) is 18.1 Å². The van der Waals surface area contributed by atoms with Crippen molar-refractivity contribution in [1.82, 2.24) is 26.1 Å². The van der Waals surface area contributed by atoms with Crippen molar-refractivity contribution < 1.29 is 28.3 Å². The standard InChI is InChI=1S/C35H51N5O6Si/c1-10-12-15-31(41)38-30(22-45-47(8,9)35(5,6)7)32(42)37-23(3)33(43)40-18-13-14-29(39-40)34(44)46-24(4)25-16-17-26-21-36-28(11-2)20-27(26)19-25/h10-12,16-17,19-21,23-24,29-30,39H,2,13-15,18,22H2,1,3-9H3,(H,37,42)(H,38,41). The quantitative estimate of drug-likeness (QED) is 0.155. The van der Waals surface area contributed by atoms with Crippen molar-refractivity contribution in [2.24, 2.45) is 0 Å². The van der Waals surface area contributed by atoms with Crippen LogP contribution in [-0.2, 0) is 28.3 Å². The maximum Gasteiger partial charge on any atom is 0.325 e. The Balaban J connectivity index is 1.62. The highest BCUT2D eigenvalue weighted by atomic mass is 28.4. The Morgan fingerprint density at radius 2 is 1.87 bits per heavy atom. The van der Waals surface area contributed by atoms with Crippen LogP contribution >= 0.6 is 0 Å². The number of allylic oxidation sites excluding steroid dienone is 1. The van der Waals surface area contributed by atoms with E-state index < -0.39 is 50.3 Å². The summed E-state index contributed by atoms with van der Waals surface area (Å²) in [6, 6.07) is 5.08. The zero-order valence-electron chi connectivity index (χ0n) is 29.0. The summed E-state index contributed by atoms with van der Waals surface area (Å²) in [5.41, 5.74) is 4.58. The van der Waals surface area contributed by atoms with E-state index in [0.29, 0.717) is 19.4 Å². The number of hydrogen-bond acceptors (Lipinski definition) is 8. The Bertz CT molecular complexity index is 1490. The summed E-state index contributed by atoms with van der Waals surface area (Å²) in [5, 5.41) is 8.69. The van der Waals surface area contributed by atoms with Crippen molar-refractivity contribution in [3.8, 4) is 0 Å². The molecule has 0 saturated carbocycles. The van der Waals surface area contributed by atoms with E-state index in [-0.39, 0.29) is 24.0 Å². The van der Waals surface area contributed by atoms with E-state index in [9.17, 15) is 19.2 Å². The van der Waals surface area contributed by atoms with Gasteiger partial charge >= 0.3 is 5.97 Å². The van der Waals surface area contributed by atoms with Gasteiger partial charge < -0.3 is 19.8 Å². The number of pyridine rings is 1. The molecule has 1 aromatic heterocycles. The highest BCUT2D eigenvalue weighted by molar-refractivity contribution is 6.74. The van der Waals surface area contributed by atoms with Gasteiger partial charge in [0.1, 0.15) is 24.2 Å². The third kappa shape index (κ3) is 10.3. The van der Waals surface area contributed by atoms with Crippen LogP contribution in [0.25, 0.3) is 16.8 Å². The summed E-state index contributed by atoms with van der Waals surface area (Å²) in [6.07, 6.45) is 7.58. The molecule has 2 heterocycles. The predicted molar refractivity (Wildman–Crippen MR) is 186 cm³/mol. The molecule has 0 bridgehead atoms. The average Bonchev–Trinajstić information content (AvgIpc) is 3.03. The molecule has 1 aromatic carbocycles. The third-order valence-corrected chi connectivity index (χ3v) is 13.3. The van der Waals surface area contributed by atoms with Gasteiger partial charge in [0, 0.05) is 24.5 Å². The number of rotatable bonds is 13. The lowest BCUT2D eigenvalue weighted by Gasteiger charge is -2.37. The van der Waals surface area contributed by atoms with E-state index in [1.807, 2.05) is 31.2 Å². The monoisotopic (exact) mass is 665 g/mol. The van der Waals surface area contributed by atoms with Crippen molar-refractivity contribution >= 4 is 48.9 Å². The van der Waals surface area contributed by atoms with Gasteiger partial charge in [-0.25, -0.2) is 5.43 Å². The zero-order chi connectivity index (χ0) is 34.9. The van der Waals surface area contributed by atoms with Crippen LogP contribution in [-0.4, -0.2) is 73.3 Å². The van der Waals surface area contributed by atoms with Crippen molar-refractivity contribution in [3.05, 3.63) is 60.5 Å². The smallest absolute Gasteiger partial charge is 0.325 e. The van der Waals surface area contributed by atoms with Gasteiger partial charge in [0.25, 0.3) is 5.91 Å². The van der Waals surface area contributed by atoms with Crippen LogP contribution in [0.15, 0.2) is 49.2 Å². The summed E-state index contributed by atoms with van der Waals surface area (Å²) in [6.45, 7) is 19.7. The number of ether oxygens (including phenoxy) is 1. The van der Waals surface area contributed by atoms with Crippen molar-refractivity contribution in [2.75, 3.05) is 13.2 Å². The van der Waals surface area contributed by atoms with E-state index in [1.54, 1.807) is 38.3 Å². The molecule has 1 saturated heterocycles. The topological polar surface area (TPSA) is 139 Å². The SMILES string of the molecule is C=Cc1cc2cc(C(C)OC(=O)C3CCCN(C(=O)C(C)NC(=O)C(CO[Si](C)(C)C(C)(C)C)NC(=O)CC=CC)N3)ccc2cn1. The second kappa shape index (κ2) is 16.3. The molecule has 1 aliphatic heterocycles. The number of hydrogen-bond donors (Lipinski definition) is 3. The van der Waals surface area contributed by atoms with Gasteiger partial charge in [0.2, 0.25) is 11.8 Å². The number of carbonyl (C=O) groups excluding carboxylic acids is 4. The van der Waals surface area contributed by atoms with Crippen LogP contribution in [0.4, 0.5) is 0 Å². The summed E-state index contributed by atoms with van der Waals surface area (Å²) < 4.78 is 12.1. The van der Waals surface area contributed by atoms with E-state index in [2.05, 4.69) is 61.5 Å². The number of benzene rings is 1. The Morgan fingerprint density at radius 1 is 1.15 bits per heavy atom. The number of nitrogens with zero attached hydrogens (tertiary/aromatic N) is 2. The molecule has 11 nitrogen and oxygen atoms in total. The number of esters is 1. The molecular weight excluding hydrogens is 614 g/mol. The van der Waals surface area contributed by atoms with Crippen molar-refractivity contribution in [2.45, 2.75) is 103 Å². The lowest BCUT2D eigenvalue weighted by molar-refractivity contribution is -0.157. The molecule has 2 aromatic rings. The average molecular weight is 666 g/mol. The van der Waals surface area contributed by atoms with Gasteiger partial charge in [-0.2, -0.15) is 0 Å². The lowest BCUT2D eigenvalue weighted by Crippen LogP contribution is -2.61. The maximum absolute atomic E-state index is 13.4. The Morgan fingerprint density at radius 3 is 2.53 bits per heavy atom. The Hall–Kier alpha value is -3.87. The van der Waals surface area contributed by atoms with Crippen molar-refractivity contribution in [3.63, 3.8) is 0 Å². The number of fused-ring (bicyclic) bond motifs is 1. The first-order valence-electron chi connectivity index (χ1n) is 16.2. The predicted octanol–water partition coefficient (Wildman–Crippen LogP) is 4.96. The highest BCUT2D eigenvalue weighted by Gasteiger charge is 2.39. The van der Waals surface area contributed by atoms with Gasteiger partial charge in [-0.15, -0.1) is 0 Å². The molecule has 0 radical (unpaired) electrons. The van der Waals surface area contributed by atoms with Crippen LogP contribution in [0.1, 0.15) is 78.2 Å². The number of hydrazine groups is 1. The lowest BCUT2D eigenvalue weighted by atomic mass is 10.0. The molecule has 256 valence electrons. The molecule has 4 atom stereocenters. The number of aromatic nitrogens is 1. The molecule has 0 aliphatic carbocycles. The molecule has 47 heavy (non-hydrogen) atoms. The summed E-state index contributed by atoms with van der Waals surface area (Å²) >= 11 is 0. The minimum absolute atomic E-state index is 0.0115. The van der Waals surface area contributed by atoms with E-state index >= 15 is 0 Å². The summed E-state index contributed by atoms with van der Waals surface area (Å²) in [4.78, 5) is 56.8. The summed E-state index contributed by atoms with van der Waals surface area (Å²) in [5.74, 6) is -1.72. The van der Waals surface area contributed by atoms with E-state index in [4.69, 9.17) is 9.16 Å². The fourth-order valence-electron chi connectivity index (χ4n) is 4.76. The molecule has 4 unspecified atom stereocenters. The minimum atomic E-state index is -2.23. The molecule has 12 heteroatoms. The van der Waals surface area contributed by atoms with Gasteiger partial charge in [-0.3, -0.25) is 29.2 Å². The maximum atomic E-state index is 13.4. The van der Waals surface area contributed by atoms with Gasteiger partial charge in [0.15, 0.2) is 8.32 Å². The first kappa shape index (κ1) is 37.6. The molecule has 1 aliphatic rings. The van der Waals surface area contributed by atoms with Crippen LogP contribution in [0.5, 0.6) is 0 Å². The molecular formula is C35H51N5O6Si. The fourth-order valence-corrected chi connectivity index (χ4v) is 5.78. The number of amides is 3. The fraction of sp³-hybridized carbons (Fsp3) is 0.514. The van der Waals surface area contributed by atoms with E-state index in [1.165, 1.54) is 5.01 Å². The molecule has 3 amide bonds. The first-order valence-corrected chi connectivity index (χ1v) is 19.1. The van der Waals surface area contributed by atoms with Gasteiger partial charge in [-0.05, 0) is 80.9 Å². The van der Waals surface area contributed by atoms with Crippen molar-refractivity contribution in [1.29, 1.82) is 0 Å². The number of nitrogens with one attached hydrogen (secondary N) is 3. The molecule has 3 rings (SSSR count). The van der Waals surface area contributed by atoms with Crippen LogP contribution in [0, 0.1) is 0 Å². The summed E-state index contributed by atoms with van der Waals surface area (Å²) in [7, 11) is -2.23. The molecule has 3 N–H and O–H groups in total. The van der Waals surface area contributed by atoms with Gasteiger partial charge in [-0.1, -0.05) is 51.6 Å². The highest BCUT2D eigenvalue weighted by Crippen LogP contribution is 2.36. The third-order valence-electron chi connectivity index (χ3n) is 8.81. The largest absolute Gasteiger partial charge is 0.457 e. The second-order valence-corrected chi connectivity index (χ2v) is 18.3. The van der Waals surface area contributed by atoms with Crippen LogP contribution < -0.4 is 16.1 Å². The normalized spacial score (nSPS) is 17.5. The Kier molecular flexibility index (Phi) is 13.0. The number of carbonyl (C=O) groups is 4. The molecule has 1 fully saturated rings. The van der Waals surface area contributed by atoms with E-state index in [0.717, 1.165) is 22.0 Å². The Labute approximate surface area is 279 Å². The van der Waals surface area contributed by atoms with Crippen LogP contribution in [0.3, 0.4) is 0 Å². The molecule has 0 spiro atoms.